The second kappa shape index (κ2) is 6.32. The summed E-state index contributed by atoms with van der Waals surface area (Å²) in [6.07, 6.45) is 6.15. The molecule has 2 fully saturated rings. The van der Waals surface area contributed by atoms with Crippen LogP contribution in [0.2, 0.25) is 0 Å². The predicted octanol–water partition coefficient (Wildman–Crippen LogP) is 0.523. The maximum atomic E-state index is 11.5. The third kappa shape index (κ3) is 4.19. The molecule has 0 spiro atoms. The summed E-state index contributed by atoms with van der Waals surface area (Å²) in [6.45, 7) is 4.91. The van der Waals surface area contributed by atoms with Gasteiger partial charge in [-0.25, -0.2) is 12.7 Å². The summed E-state index contributed by atoms with van der Waals surface area (Å²) in [7, 11) is -3.03. The largest absolute Gasteiger partial charge is 0.377 e. The molecule has 0 bridgehead atoms. The average Bonchev–Trinajstić information content (AvgIpc) is 2.55. The number of nitrogens with zero attached hydrogens (tertiary/aromatic N) is 2. The summed E-state index contributed by atoms with van der Waals surface area (Å²) < 4.78 is 30.4. The van der Waals surface area contributed by atoms with Crippen molar-refractivity contribution in [1.82, 2.24) is 9.21 Å². The van der Waals surface area contributed by atoms with Crippen LogP contribution in [0.15, 0.2) is 0 Å². The summed E-state index contributed by atoms with van der Waals surface area (Å²) in [5, 5.41) is 0. The van der Waals surface area contributed by atoms with Crippen molar-refractivity contribution in [3.63, 3.8) is 0 Å². The zero-order valence-electron chi connectivity index (χ0n) is 11.2. The van der Waals surface area contributed by atoms with Crippen molar-refractivity contribution < 1.29 is 13.2 Å². The van der Waals surface area contributed by atoms with E-state index in [0.29, 0.717) is 19.2 Å². The fourth-order valence-electron chi connectivity index (χ4n) is 2.70. The van der Waals surface area contributed by atoms with Gasteiger partial charge in [-0.05, 0) is 32.2 Å². The van der Waals surface area contributed by atoms with Gasteiger partial charge in [0, 0.05) is 32.8 Å². The van der Waals surface area contributed by atoms with Crippen molar-refractivity contribution >= 4 is 10.0 Å². The van der Waals surface area contributed by atoms with Crippen molar-refractivity contribution in [2.75, 3.05) is 45.6 Å². The highest BCUT2D eigenvalue weighted by Crippen LogP contribution is 2.15. The van der Waals surface area contributed by atoms with Gasteiger partial charge in [0.2, 0.25) is 10.0 Å². The summed E-state index contributed by atoms with van der Waals surface area (Å²) in [6, 6.07) is 0. The van der Waals surface area contributed by atoms with Gasteiger partial charge in [0.05, 0.1) is 12.4 Å². The molecule has 2 rings (SSSR count). The maximum absolute atomic E-state index is 11.5. The fraction of sp³-hybridized carbons (Fsp3) is 1.00. The van der Waals surface area contributed by atoms with Gasteiger partial charge in [0.15, 0.2) is 0 Å². The van der Waals surface area contributed by atoms with Crippen LogP contribution in [0.1, 0.15) is 25.7 Å². The van der Waals surface area contributed by atoms with Crippen LogP contribution in [0.3, 0.4) is 0 Å². The zero-order chi connectivity index (χ0) is 13.0. The van der Waals surface area contributed by atoms with E-state index in [1.54, 1.807) is 4.31 Å². The van der Waals surface area contributed by atoms with Crippen LogP contribution in [0, 0.1) is 0 Å². The Balaban J connectivity index is 1.81. The molecule has 0 amide bonds. The smallest absolute Gasteiger partial charge is 0.211 e. The Kier molecular flexibility index (Phi) is 5.00. The van der Waals surface area contributed by atoms with Gasteiger partial charge in [-0.1, -0.05) is 0 Å². The fourth-order valence-corrected chi connectivity index (χ4v) is 3.57. The summed E-state index contributed by atoms with van der Waals surface area (Å²) >= 11 is 0. The van der Waals surface area contributed by atoms with E-state index in [0.717, 1.165) is 39.1 Å². The van der Waals surface area contributed by atoms with E-state index in [1.807, 2.05) is 0 Å². The molecular formula is C12H24N2O3S. The molecular weight excluding hydrogens is 252 g/mol. The van der Waals surface area contributed by atoms with Crippen molar-refractivity contribution in [2.45, 2.75) is 31.8 Å². The first-order valence-electron chi connectivity index (χ1n) is 6.85. The Bertz CT molecular complexity index is 352. The molecule has 5 nitrogen and oxygen atoms in total. The molecule has 0 aromatic rings. The molecule has 6 heteroatoms. The Morgan fingerprint density at radius 2 is 1.94 bits per heavy atom. The first kappa shape index (κ1) is 14.2. The van der Waals surface area contributed by atoms with Crippen molar-refractivity contribution in [1.29, 1.82) is 0 Å². The highest BCUT2D eigenvalue weighted by molar-refractivity contribution is 7.88. The molecule has 0 aliphatic carbocycles. The zero-order valence-corrected chi connectivity index (χ0v) is 12.0. The molecule has 18 heavy (non-hydrogen) atoms. The number of hydrogen-bond acceptors (Lipinski definition) is 4. The maximum Gasteiger partial charge on any atom is 0.211 e. The molecule has 106 valence electrons. The van der Waals surface area contributed by atoms with Gasteiger partial charge in [0.25, 0.3) is 0 Å². The van der Waals surface area contributed by atoms with E-state index in [4.69, 9.17) is 4.74 Å². The van der Waals surface area contributed by atoms with Crippen LogP contribution in [0.4, 0.5) is 0 Å². The molecule has 1 unspecified atom stereocenters. The molecule has 2 saturated heterocycles. The number of hydrogen-bond donors (Lipinski definition) is 0. The van der Waals surface area contributed by atoms with Gasteiger partial charge in [-0.2, -0.15) is 0 Å². The third-order valence-corrected chi connectivity index (χ3v) is 5.06. The second-order valence-corrected chi connectivity index (χ2v) is 7.29. The van der Waals surface area contributed by atoms with Crippen LogP contribution in [-0.2, 0) is 14.8 Å². The number of ether oxygens (including phenoxy) is 1. The molecule has 0 radical (unpaired) electrons. The first-order chi connectivity index (χ1) is 8.55. The van der Waals surface area contributed by atoms with E-state index >= 15 is 0 Å². The quantitative estimate of drug-likeness (QED) is 0.754. The normalized spacial score (nSPS) is 29.1. The molecule has 2 aliphatic rings. The lowest BCUT2D eigenvalue weighted by atomic mass is 10.1. The minimum atomic E-state index is -3.03. The Hall–Kier alpha value is -0.170. The number of rotatable bonds is 3. The summed E-state index contributed by atoms with van der Waals surface area (Å²) in [5.41, 5.74) is 0. The highest BCUT2D eigenvalue weighted by Gasteiger charge is 2.23. The van der Waals surface area contributed by atoms with Gasteiger partial charge in [-0.3, -0.25) is 4.90 Å². The molecule has 1 atom stereocenters. The first-order valence-corrected chi connectivity index (χ1v) is 8.69. The summed E-state index contributed by atoms with van der Waals surface area (Å²) in [5.74, 6) is 0. The van der Waals surface area contributed by atoms with Crippen LogP contribution in [0.25, 0.3) is 0 Å². The van der Waals surface area contributed by atoms with Crippen LogP contribution < -0.4 is 0 Å². The van der Waals surface area contributed by atoms with Crippen molar-refractivity contribution in [2.24, 2.45) is 0 Å². The number of sulfonamides is 1. The SMILES string of the molecule is CS(=O)(=O)N1CCCN(CC2CCCCO2)CC1. The molecule has 2 heterocycles. The Labute approximate surface area is 110 Å². The molecule has 0 saturated carbocycles. The Morgan fingerprint density at radius 3 is 2.61 bits per heavy atom. The predicted molar refractivity (Wildman–Crippen MR) is 71.1 cm³/mol. The average molecular weight is 276 g/mol. The minimum Gasteiger partial charge on any atom is -0.377 e. The van der Waals surface area contributed by atoms with Crippen LogP contribution in [-0.4, -0.2) is 69.3 Å². The van der Waals surface area contributed by atoms with Gasteiger partial charge in [0.1, 0.15) is 0 Å². The Morgan fingerprint density at radius 1 is 1.11 bits per heavy atom. The van der Waals surface area contributed by atoms with E-state index in [1.165, 1.54) is 19.1 Å². The molecule has 0 N–H and O–H groups in total. The highest BCUT2D eigenvalue weighted by atomic mass is 32.2. The topological polar surface area (TPSA) is 49.9 Å². The lowest BCUT2D eigenvalue weighted by Crippen LogP contribution is -2.39. The minimum absolute atomic E-state index is 0.350. The van der Waals surface area contributed by atoms with E-state index in [-0.39, 0.29) is 0 Å². The van der Waals surface area contributed by atoms with Crippen molar-refractivity contribution in [3.05, 3.63) is 0 Å². The van der Waals surface area contributed by atoms with Gasteiger partial charge in [-0.15, -0.1) is 0 Å². The van der Waals surface area contributed by atoms with E-state index < -0.39 is 10.0 Å². The second-order valence-electron chi connectivity index (χ2n) is 5.30. The van der Waals surface area contributed by atoms with Crippen molar-refractivity contribution in [3.8, 4) is 0 Å². The lowest BCUT2D eigenvalue weighted by molar-refractivity contribution is -0.00476. The monoisotopic (exact) mass is 276 g/mol. The molecule has 2 aliphatic heterocycles. The molecule has 0 aromatic heterocycles. The molecule has 0 aromatic carbocycles. The van der Waals surface area contributed by atoms with Crippen LogP contribution >= 0.6 is 0 Å². The third-order valence-electron chi connectivity index (χ3n) is 3.75. The van der Waals surface area contributed by atoms with Gasteiger partial charge >= 0.3 is 0 Å². The summed E-state index contributed by atoms with van der Waals surface area (Å²) in [4.78, 5) is 2.35. The van der Waals surface area contributed by atoms with Gasteiger partial charge < -0.3 is 4.74 Å². The van der Waals surface area contributed by atoms with Crippen LogP contribution in [0.5, 0.6) is 0 Å². The lowest BCUT2D eigenvalue weighted by Gasteiger charge is -2.29. The van der Waals surface area contributed by atoms with E-state index in [9.17, 15) is 8.42 Å². The standard InChI is InChI=1S/C12H24N2O3S/c1-18(15,16)14-7-4-6-13(8-9-14)11-12-5-2-3-10-17-12/h12H,2-11H2,1H3. The van der Waals surface area contributed by atoms with E-state index in [2.05, 4.69) is 4.90 Å².